The molecular weight excluding hydrogens is 340 g/mol. The van der Waals surface area contributed by atoms with E-state index < -0.39 is 0 Å². The summed E-state index contributed by atoms with van der Waals surface area (Å²) in [4.78, 5) is 12.1. The van der Waals surface area contributed by atoms with E-state index >= 15 is 0 Å². The molecule has 2 aromatic rings. The van der Waals surface area contributed by atoms with Crippen LogP contribution in [0.2, 0.25) is 5.02 Å². The van der Waals surface area contributed by atoms with Crippen molar-refractivity contribution in [3.05, 3.63) is 52.0 Å². The number of rotatable bonds is 6. The number of aryl methyl sites for hydroxylation is 2. The van der Waals surface area contributed by atoms with Crippen molar-refractivity contribution in [1.29, 1.82) is 0 Å². The summed E-state index contributed by atoms with van der Waals surface area (Å²) < 4.78 is 10.6. The van der Waals surface area contributed by atoms with Gasteiger partial charge in [0, 0.05) is 19.5 Å². The van der Waals surface area contributed by atoms with Crippen molar-refractivity contribution in [2.45, 2.75) is 26.8 Å². The molecule has 3 rings (SSSR count). The van der Waals surface area contributed by atoms with E-state index in [0.29, 0.717) is 30.2 Å². The molecule has 5 nitrogen and oxygen atoms in total. The molecule has 0 saturated carbocycles. The Kier molecular flexibility index (Phi) is 5.46. The Morgan fingerprint density at radius 2 is 1.96 bits per heavy atom. The van der Waals surface area contributed by atoms with Gasteiger partial charge in [0.25, 0.3) is 0 Å². The maximum atomic E-state index is 12.1. The highest BCUT2D eigenvalue weighted by Crippen LogP contribution is 2.32. The first-order chi connectivity index (χ1) is 12.0. The lowest BCUT2D eigenvalue weighted by Crippen LogP contribution is -2.22. The molecule has 0 spiro atoms. The minimum Gasteiger partial charge on any atom is -0.454 e. The van der Waals surface area contributed by atoms with E-state index in [-0.39, 0.29) is 12.7 Å². The number of nitrogens with one attached hydrogen (secondary N) is 2. The monoisotopic (exact) mass is 360 g/mol. The van der Waals surface area contributed by atoms with E-state index in [1.54, 1.807) is 0 Å². The second-order valence-corrected chi connectivity index (χ2v) is 6.51. The molecule has 0 radical (unpaired) electrons. The van der Waals surface area contributed by atoms with Gasteiger partial charge in [0.1, 0.15) is 0 Å². The standard InChI is InChI=1S/C19H21ClN2O3/c1-12-7-13(2)19(15(20)8-12)22-18(23)5-6-21-10-14-3-4-16-17(9-14)25-11-24-16/h3-4,7-9,21H,5-6,10-11H2,1-2H3,(H,22,23). The number of carbonyl (C=O) groups is 1. The quantitative estimate of drug-likeness (QED) is 0.769. The fraction of sp³-hybridized carbons (Fsp3) is 0.316. The number of hydrogen-bond acceptors (Lipinski definition) is 4. The Labute approximate surface area is 152 Å². The Balaban J connectivity index is 1.45. The molecule has 1 aliphatic heterocycles. The predicted octanol–water partition coefficient (Wildman–Crippen LogP) is 3.80. The predicted molar refractivity (Wildman–Crippen MR) is 98.4 cm³/mol. The molecule has 1 aliphatic rings. The molecule has 25 heavy (non-hydrogen) atoms. The molecule has 0 bridgehead atoms. The van der Waals surface area contributed by atoms with Gasteiger partial charge in [-0.1, -0.05) is 23.7 Å². The van der Waals surface area contributed by atoms with Crippen LogP contribution in [-0.4, -0.2) is 19.2 Å². The van der Waals surface area contributed by atoms with Gasteiger partial charge >= 0.3 is 0 Å². The summed E-state index contributed by atoms with van der Waals surface area (Å²) in [7, 11) is 0. The molecule has 0 aromatic heterocycles. The zero-order valence-corrected chi connectivity index (χ0v) is 15.1. The van der Waals surface area contributed by atoms with Gasteiger partial charge in [-0.2, -0.15) is 0 Å². The molecule has 1 heterocycles. The lowest BCUT2D eigenvalue weighted by Gasteiger charge is -2.12. The van der Waals surface area contributed by atoms with E-state index in [1.807, 2.05) is 44.2 Å². The highest BCUT2D eigenvalue weighted by molar-refractivity contribution is 6.34. The van der Waals surface area contributed by atoms with Crippen LogP contribution in [0.3, 0.4) is 0 Å². The number of benzene rings is 2. The average molecular weight is 361 g/mol. The van der Waals surface area contributed by atoms with Crippen LogP contribution in [0.5, 0.6) is 11.5 Å². The van der Waals surface area contributed by atoms with E-state index in [9.17, 15) is 4.79 Å². The summed E-state index contributed by atoms with van der Waals surface area (Å²) in [6, 6.07) is 9.68. The molecule has 0 unspecified atom stereocenters. The van der Waals surface area contributed by atoms with Gasteiger partial charge in [0.15, 0.2) is 11.5 Å². The van der Waals surface area contributed by atoms with Crippen molar-refractivity contribution in [1.82, 2.24) is 5.32 Å². The molecule has 2 N–H and O–H groups in total. The zero-order valence-electron chi connectivity index (χ0n) is 14.3. The number of ether oxygens (including phenoxy) is 2. The van der Waals surface area contributed by atoms with Gasteiger partial charge in [-0.05, 0) is 48.7 Å². The number of anilines is 1. The molecule has 0 atom stereocenters. The van der Waals surface area contributed by atoms with E-state index in [2.05, 4.69) is 10.6 Å². The maximum Gasteiger partial charge on any atom is 0.231 e. The highest BCUT2D eigenvalue weighted by Gasteiger charge is 2.13. The van der Waals surface area contributed by atoms with Gasteiger partial charge in [-0.3, -0.25) is 4.79 Å². The zero-order chi connectivity index (χ0) is 17.8. The first-order valence-corrected chi connectivity index (χ1v) is 8.56. The van der Waals surface area contributed by atoms with Crippen LogP contribution < -0.4 is 20.1 Å². The Morgan fingerprint density at radius 3 is 2.76 bits per heavy atom. The van der Waals surface area contributed by atoms with Crippen LogP contribution in [0.1, 0.15) is 23.1 Å². The number of amides is 1. The second kappa shape index (κ2) is 7.76. The summed E-state index contributed by atoms with van der Waals surface area (Å²) >= 11 is 6.21. The molecule has 0 saturated heterocycles. The lowest BCUT2D eigenvalue weighted by molar-refractivity contribution is -0.116. The summed E-state index contributed by atoms with van der Waals surface area (Å²) in [6.07, 6.45) is 0.369. The smallest absolute Gasteiger partial charge is 0.231 e. The van der Waals surface area contributed by atoms with Crippen LogP contribution in [0.4, 0.5) is 5.69 Å². The number of hydrogen-bond donors (Lipinski definition) is 2. The van der Waals surface area contributed by atoms with Crippen molar-refractivity contribution in [3.8, 4) is 11.5 Å². The third kappa shape index (κ3) is 4.44. The van der Waals surface area contributed by atoms with E-state index in [0.717, 1.165) is 28.2 Å². The minimum atomic E-state index is -0.0629. The normalized spacial score (nSPS) is 12.3. The van der Waals surface area contributed by atoms with Gasteiger partial charge in [0.05, 0.1) is 10.7 Å². The first-order valence-electron chi connectivity index (χ1n) is 8.19. The third-order valence-corrected chi connectivity index (χ3v) is 4.29. The van der Waals surface area contributed by atoms with Gasteiger partial charge < -0.3 is 20.1 Å². The van der Waals surface area contributed by atoms with Crippen LogP contribution >= 0.6 is 11.6 Å². The van der Waals surface area contributed by atoms with Crippen LogP contribution in [0, 0.1) is 13.8 Å². The van der Waals surface area contributed by atoms with Gasteiger partial charge in [0.2, 0.25) is 12.7 Å². The lowest BCUT2D eigenvalue weighted by atomic mass is 10.1. The largest absolute Gasteiger partial charge is 0.454 e. The third-order valence-electron chi connectivity index (χ3n) is 3.99. The first kappa shape index (κ1) is 17.6. The summed E-state index contributed by atoms with van der Waals surface area (Å²) in [6.45, 7) is 5.42. The maximum absolute atomic E-state index is 12.1. The highest BCUT2D eigenvalue weighted by atomic mass is 35.5. The van der Waals surface area contributed by atoms with Gasteiger partial charge in [-0.15, -0.1) is 0 Å². The average Bonchev–Trinajstić information content (AvgIpc) is 3.02. The Bertz CT molecular complexity index is 769. The molecular formula is C19H21ClN2O3. The number of fused-ring (bicyclic) bond motifs is 1. The summed E-state index contributed by atoms with van der Waals surface area (Å²) in [5.41, 5.74) is 3.81. The topological polar surface area (TPSA) is 59.6 Å². The SMILES string of the molecule is Cc1cc(C)c(NC(=O)CCNCc2ccc3c(c2)OCO3)c(Cl)c1. The van der Waals surface area contributed by atoms with Crippen LogP contribution in [0.25, 0.3) is 0 Å². The summed E-state index contributed by atoms with van der Waals surface area (Å²) in [5, 5.41) is 6.72. The van der Waals surface area contributed by atoms with Crippen molar-refractivity contribution in [2.75, 3.05) is 18.7 Å². The fourth-order valence-electron chi connectivity index (χ4n) is 2.76. The molecule has 132 valence electrons. The molecule has 6 heteroatoms. The number of halogens is 1. The molecule has 1 amide bonds. The van der Waals surface area contributed by atoms with Gasteiger partial charge in [-0.25, -0.2) is 0 Å². The summed E-state index contributed by atoms with van der Waals surface area (Å²) in [5.74, 6) is 1.47. The molecule has 2 aromatic carbocycles. The van der Waals surface area contributed by atoms with E-state index in [1.165, 1.54) is 0 Å². The van der Waals surface area contributed by atoms with E-state index in [4.69, 9.17) is 21.1 Å². The van der Waals surface area contributed by atoms with Crippen molar-refractivity contribution in [3.63, 3.8) is 0 Å². The Hall–Kier alpha value is -2.24. The fourth-order valence-corrected chi connectivity index (χ4v) is 3.13. The van der Waals surface area contributed by atoms with Crippen molar-refractivity contribution < 1.29 is 14.3 Å². The second-order valence-electron chi connectivity index (χ2n) is 6.10. The van der Waals surface area contributed by atoms with Crippen LogP contribution in [-0.2, 0) is 11.3 Å². The minimum absolute atomic E-state index is 0.0629. The Morgan fingerprint density at radius 1 is 1.16 bits per heavy atom. The molecule has 0 aliphatic carbocycles. The number of carbonyl (C=O) groups excluding carboxylic acids is 1. The van der Waals surface area contributed by atoms with Crippen molar-refractivity contribution in [2.24, 2.45) is 0 Å². The van der Waals surface area contributed by atoms with Crippen molar-refractivity contribution >= 4 is 23.2 Å². The molecule has 0 fully saturated rings. The van der Waals surface area contributed by atoms with Crippen LogP contribution in [0.15, 0.2) is 30.3 Å².